The van der Waals surface area contributed by atoms with Gasteiger partial charge in [0.15, 0.2) is 15.9 Å². The lowest BCUT2D eigenvalue weighted by Gasteiger charge is -2.29. The Morgan fingerprint density at radius 3 is 2.56 bits per heavy atom. The topological polar surface area (TPSA) is 80.8 Å². The lowest BCUT2D eigenvalue weighted by molar-refractivity contribution is -0.141. The van der Waals surface area contributed by atoms with Gasteiger partial charge in [-0.15, -0.1) is 0 Å². The molecule has 1 heterocycles. The molecule has 25 heavy (non-hydrogen) atoms. The number of nitrogens with zero attached hydrogens (tertiary/aromatic N) is 1. The third-order valence-electron chi connectivity index (χ3n) is 4.52. The molecule has 1 fully saturated rings. The monoisotopic (exact) mass is 367 g/mol. The number of aryl methyl sites for hydroxylation is 2. The van der Waals surface area contributed by atoms with Gasteiger partial charge in [-0.1, -0.05) is 17.7 Å². The quantitative estimate of drug-likeness (QED) is 0.743. The van der Waals surface area contributed by atoms with Crippen molar-refractivity contribution in [2.24, 2.45) is 0 Å². The summed E-state index contributed by atoms with van der Waals surface area (Å²) in [7, 11) is -3.09. The molecule has 0 spiro atoms. The Morgan fingerprint density at radius 1 is 1.32 bits per heavy atom. The van der Waals surface area contributed by atoms with Crippen molar-refractivity contribution in [3.8, 4) is 0 Å². The molecule has 1 aromatic carbocycles. The lowest BCUT2D eigenvalue weighted by Crippen LogP contribution is -2.46. The molecule has 0 unspecified atom stereocenters. The van der Waals surface area contributed by atoms with Crippen LogP contribution >= 0.6 is 0 Å². The van der Waals surface area contributed by atoms with Gasteiger partial charge in [0.25, 0.3) is 5.91 Å². The molecule has 2 rings (SSSR count). The van der Waals surface area contributed by atoms with E-state index in [1.54, 1.807) is 13.0 Å². The van der Waals surface area contributed by atoms with Gasteiger partial charge < -0.3 is 9.64 Å². The lowest BCUT2D eigenvalue weighted by atomic mass is 10.1. The molecule has 1 saturated heterocycles. The van der Waals surface area contributed by atoms with Gasteiger partial charge in [-0.3, -0.25) is 4.79 Å². The predicted octanol–water partition coefficient (Wildman–Crippen LogP) is 1.88. The summed E-state index contributed by atoms with van der Waals surface area (Å²) in [5.41, 5.74) is 2.15. The summed E-state index contributed by atoms with van der Waals surface area (Å²) in [5, 5.41) is 0. The van der Waals surface area contributed by atoms with Crippen LogP contribution in [0.3, 0.4) is 0 Å². The van der Waals surface area contributed by atoms with Crippen LogP contribution < -0.4 is 0 Å². The summed E-state index contributed by atoms with van der Waals surface area (Å²) in [6.07, 6.45) is -0.532. The second kappa shape index (κ2) is 7.56. The minimum Gasteiger partial charge on any atom is -0.449 e. The second-order valence-electron chi connectivity index (χ2n) is 6.55. The molecule has 2 atom stereocenters. The van der Waals surface area contributed by atoms with Gasteiger partial charge in [0.2, 0.25) is 0 Å². The van der Waals surface area contributed by atoms with Gasteiger partial charge >= 0.3 is 5.97 Å². The average Bonchev–Trinajstić information content (AvgIpc) is 2.89. The van der Waals surface area contributed by atoms with Crippen molar-refractivity contribution in [2.45, 2.75) is 46.3 Å². The number of amides is 1. The van der Waals surface area contributed by atoms with Crippen LogP contribution in [0, 0.1) is 13.8 Å². The van der Waals surface area contributed by atoms with E-state index in [-0.39, 0.29) is 23.5 Å². The first-order valence-corrected chi connectivity index (χ1v) is 10.3. The highest BCUT2D eigenvalue weighted by Gasteiger charge is 2.36. The molecule has 1 amide bonds. The zero-order valence-corrected chi connectivity index (χ0v) is 15.9. The summed E-state index contributed by atoms with van der Waals surface area (Å²) < 4.78 is 28.7. The number of benzene rings is 1. The fraction of sp³-hybridized carbons (Fsp3) is 0.556. The number of esters is 1. The highest BCUT2D eigenvalue weighted by Crippen LogP contribution is 2.20. The molecule has 0 N–H and O–H groups in total. The summed E-state index contributed by atoms with van der Waals surface area (Å²) in [6, 6.07) is 5.13. The van der Waals surface area contributed by atoms with Crippen LogP contribution in [0.1, 0.15) is 41.8 Å². The van der Waals surface area contributed by atoms with Crippen molar-refractivity contribution in [1.82, 2.24) is 4.90 Å². The van der Waals surface area contributed by atoms with E-state index >= 15 is 0 Å². The fourth-order valence-electron chi connectivity index (χ4n) is 3.08. The Bertz CT molecular complexity index is 772. The molecule has 0 aliphatic carbocycles. The zero-order valence-electron chi connectivity index (χ0n) is 15.1. The third kappa shape index (κ3) is 4.60. The number of carbonyl (C=O) groups is 2. The number of ether oxygens (including phenoxy) is 1. The smallest absolute Gasteiger partial charge is 0.339 e. The Labute approximate surface area is 149 Å². The normalized spacial score (nSPS) is 20.1. The van der Waals surface area contributed by atoms with Crippen molar-refractivity contribution in [2.75, 3.05) is 18.1 Å². The van der Waals surface area contributed by atoms with Crippen LogP contribution in [0.15, 0.2) is 18.2 Å². The molecule has 1 aliphatic rings. The predicted molar refractivity (Wildman–Crippen MR) is 95.2 cm³/mol. The maximum atomic E-state index is 12.6. The number of hydrogen-bond acceptors (Lipinski definition) is 5. The Balaban J connectivity index is 2.08. The zero-order chi connectivity index (χ0) is 18.8. The van der Waals surface area contributed by atoms with E-state index in [9.17, 15) is 18.0 Å². The molecular weight excluding hydrogens is 342 g/mol. The molecular formula is C18H25NO5S. The van der Waals surface area contributed by atoms with E-state index in [1.165, 1.54) is 11.8 Å². The van der Waals surface area contributed by atoms with Gasteiger partial charge in [0.05, 0.1) is 17.1 Å². The molecule has 1 aliphatic heterocycles. The van der Waals surface area contributed by atoms with E-state index in [1.807, 2.05) is 26.0 Å². The standard InChI is InChI=1S/C18H25NO5S/c1-5-19(15-8-9-25(22,23)11-15)17(20)14(4)24-18(21)16-10-12(2)6-7-13(16)3/h6-7,10,14-15H,5,8-9,11H2,1-4H3/t14-,15+/m1/s1. The Morgan fingerprint density at radius 2 is 2.00 bits per heavy atom. The number of rotatable bonds is 5. The van der Waals surface area contributed by atoms with Gasteiger partial charge in [0, 0.05) is 12.6 Å². The number of likely N-dealkylation sites (N-methyl/N-ethyl adjacent to an activating group) is 1. The fourth-order valence-corrected chi connectivity index (χ4v) is 4.81. The van der Waals surface area contributed by atoms with Crippen molar-refractivity contribution in [3.63, 3.8) is 0 Å². The van der Waals surface area contributed by atoms with Crippen LogP contribution in [0.2, 0.25) is 0 Å². The minimum atomic E-state index is -3.09. The minimum absolute atomic E-state index is 0.0236. The van der Waals surface area contributed by atoms with E-state index in [0.29, 0.717) is 18.5 Å². The number of sulfone groups is 1. The summed E-state index contributed by atoms with van der Waals surface area (Å²) in [4.78, 5) is 26.5. The molecule has 1 aromatic rings. The van der Waals surface area contributed by atoms with E-state index in [2.05, 4.69) is 0 Å². The first-order valence-electron chi connectivity index (χ1n) is 8.43. The van der Waals surface area contributed by atoms with E-state index in [4.69, 9.17) is 4.74 Å². The molecule has 0 radical (unpaired) electrons. The number of hydrogen-bond donors (Lipinski definition) is 0. The van der Waals surface area contributed by atoms with E-state index in [0.717, 1.165) is 11.1 Å². The summed E-state index contributed by atoms with van der Waals surface area (Å²) >= 11 is 0. The summed E-state index contributed by atoms with van der Waals surface area (Å²) in [5.74, 6) is -0.831. The molecule has 7 heteroatoms. The molecule has 6 nitrogen and oxygen atoms in total. The van der Waals surface area contributed by atoms with Crippen LogP contribution in [-0.2, 0) is 19.4 Å². The van der Waals surface area contributed by atoms with Crippen molar-refractivity contribution in [1.29, 1.82) is 0 Å². The van der Waals surface area contributed by atoms with Gasteiger partial charge in [0.1, 0.15) is 0 Å². The van der Waals surface area contributed by atoms with Gasteiger partial charge in [-0.25, -0.2) is 13.2 Å². The average molecular weight is 367 g/mol. The molecule has 0 aromatic heterocycles. The highest BCUT2D eigenvalue weighted by atomic mass is 32.2. The van der Waals surface area contributed by atoms with Gasteiger partial charge in [-0.2, -0.15) is 0 Å². The molecule has 0 bridgehead atoms. The second-order valence-corrected chi connectivity index (χ2v) is 8.78. The van der Waals surface area contributed by atoms with Crippen LogP contribution in [0.5, 0.6) is 0 Å². The first-order chi connectivity index (χ1) is 11.6. The van der Waals surface area contributed by atoms with E-state index < -0.39 is 21.9 Å². The Hall–Kier alpha value is -1.89. The maximum absolute atomic E-state index is 12.6. The highest BCUT2D eigenvalue weighted by molar-refractivity contribution is 7.91. The molecule has 0 saturated carbocycles. The van der Waals surface area contributed by atoms with Crippen molar-refractivity contribution < 1.29 is 22.7 Å². The molecule has 138 valence electrons. The van der Waals surface area contributed by atoms with Crippen LogP contribution in [0.4, 0.5) is 0 Å². The SMILES string of the molecule is CCN(C(=O)[C@@H](C)OC(=O)c1cc(C)ccc1C)[C@H]1CCS(=O)(=O)C1. The van der Waals surface area contributed by atoms with Crippen molar-refractivity contribution >= 4 is 21.7 Å². The maximum Gasteiger partial charge on any atom is 0.339 e. The Kier molecular flexibility index (Phi) is 5.87. The van der Waals surface area contributed by atoms with Crippen LogP contribution in [-0.4, -0.2) is 55.4 Å². The van der Waals surface area contributed by atoms with Crippen LogP contribution in [0.25, 0.3) is 0 Å². The number of carbonyl (C=O) groups excluding carboxylic acids is 2. The largest absolute Gasteiger partial charge is 0.449 e. The van der Waals surface area contributed by atoms with Gasteiger partial charge in [-0.05, 0) is 45.7 Å². The van der Waals surface area contributed by atoms with Crippen molar-refractivity contribution in [3.05, 3.63) is 34.9 Å². The summed E-state index contributed by atoms with van der Waals surface area (Å²) in [6.45, 7) is 7.39. The third-order valence-corrected chi connectivity index (χ3v) is 6.27. The first kappa shape index (κ1) is 19.4.